The minimum absolute atomic E-state index is 0.927. The quantitative estimate of drug-likeness (QED) is 0.512. The molecule has 0 bridgehead atoms. The van der Waals surface area contributed by atoms with E-state index in [4.69, 9.17) is 12.2 Å². The summed E-state index contributed by atoms with van der Waals surface area (Å²) in [4.78, 5) is 3.59. The van der Waals surface area contributed by atoms with Crippen LogP contribution in [0.2, 0.25) is 0 Å². The van der Waals surface area contributed by atoms with Crippen molar-refractivity contribution in [3.05, 3.63) is 30.3 Å². The Balaban J connectivity index is 1.61. The van der Waals surface area contributed by atoms with Crippen molar-refractivity contribution in [1.29, 1.82) is 0 Å². The van der Waals surface area contributed by atoms with Crippen LogP contribution in [0, 0.1) is 0 Å². The number of likely N-dealkylation sites (tertiary alicyclic amines) is 1. The average Bonchev–Trinajstić information content (AvgIpc) is 2.89. The van der Waals surface area contributed by atoms with Gasteiger partial charge in [-0.05, 0) is 37.2 Å². The summed E-state index contributed by atoms with van der Waals surface area (Å²) in [6.45, 7) is 3.18. The maximum absolute atomic E-state index is 5.35. The van der Waals surface area contributed by atoms with Gasteiger partial charge in [0.2, 0.25) is 0 Å². The lowest BCUT2D eigenvalue weighted by molar-refractivity contribution is 0.509. The van der Waals surface area contributed by atoms with Crippen molar-refractivity contribution < 1.29 is 0 Å². The van der Waals surface area contributed by atoms with Gasteiger partial charge in [-0.2, -0.15) is 0 Å². The maximum atomic E-state index is 5.35. The van der Waals surface area contributed by atoms with E-state index in [9.17, 15) is 0 Å². The van der Waals surface area contributed by atoms with E-state index in [1.165, 1.54) is 17.7 Å². The molecule has 92 valence electrons. The first-order chi connectivity index (χ1) is 8.36. The Kier molecular flexibility index (Phi) is 5.13. The second-order valence-electron chi connectivity index (χ2n) is 4.09. The van der Waals surface area contributed by atoms with Gasteiger partial charge in [-0.1, -0.05) is 18.2 Å². The SMILES string of the molecule is S=C(NCCSc1ccccc1)N1CCCC1. The molecule has 1 aliphatic heterocycles. The van der Waals surface area contributed by atoms with Crippen LogP contribution in [0.5, 0.6) is 0 Å². The van der Waals surface area contributed by atoms with Crippen molar-refractivity contribution in [1.82, 2.24) is 10.2 Å². The third kappa shape index (κ3) is 4.21. The Morgan fingerprint density at radius 2 is 1.94 bits per heavy atom. The molecule has 4 heteroatoms. The van der Waals surface area contributed by atoms with Gasteiger partial charge < -0.3 is 10.2 Å². The molecule has 1 aromatic carbocycles. The first-order valence-electron chi connectivity index (χ1n) is 6.07. The minimum atomic E-state index is 0.927. The highest BCUT2D eigenvalue weighted by Crippen LogP contribution is 2.15. The minimum Gasteiger partial charge on any atom is -0.362 e. The molecule has 2 rings (SSSR count). The van der Waals surface area contributed by atoms with Crippen LogP contribution < -0.4 is 5.32 Å². The van der Waals surface area contributed by atoms with Crippen LogP contribution in [0.4, 0.5) is 0 Å². The molecule has 17 heavy (non-hydrogen) atoms. The number of thioether (sulfide) groups is 1. The van der Waals surface area contributed by atoms with E-state index in [1.807, 2.05) is 17.8 Å². The molecule has 0 amide bonds. The smallest absolute Gasteiger partial charge is 0.168 e. The van der Waals surface area contributed by atoms with E-state index >= 15 is 0 Å². The second kappa shape index (κ2) is 6.87. The predicted molar refractivity (Wildman–Crippen MR) is 78.6 cm³/mol. The average molecular weight is 266 g/mol. The number of nitrogens with zero attached hydrogens (tertiary/aromatic N) is 1. The van der Waals surface area contributed by atoms with E-state index in [1.54, 1.807) is 0 Å². The fourth-order valence-corrected chi connectivity index (χ4v) is 2.95. The summed E-state index contributed by atoms with van der Waals surface area (Å²) in [6, 6.07) is 10.5. The fraction of sp³-hybridized carbons (Fsp3) is 0.462. The molecule has 0 saturated carbocycles. The fourth-order valence-electron chi connectivity index (χ4n) is 1.88. The van der Waals surface area contributed by atoms with Crippen LogP contribution in [0.1, 0.15) is 12.8 Å². The third-order valence-corrected chi connectivity index (χ3v) is 4.20. The summed E-state index contributed by atoms with van der Waals surface area (Å²) in [6.07, 6.45) is 2.56. The van der Waals surface area contributed by atoms with Crippen molar-refractivity contribution in [2.45, 2.75) is 17.7 Å². The summed E-state index contributed by atoms with van der Waals surface area (Å²) in [5.41, 5.74) is 0. The van der Waals surface area contributed by atoms with Gasteiger partial charge >= 0.3 is 0 Å². The summed E-state index contributed by atoms with van der Waals surface area (Å²) >= 11 is 7.21. The van der Waals surface area contributed by atoms with Crippen molar-refractivity contribution in [2.75, 3.05) is 25.4 Å². The second-order valence-corrected chi connectivity index (χ2v) is 5.64. The Morgan fingerprint density at radius 3 is 2.65 bits per heavy atom. The molecule has 1 aliphatic rings. The van der Waals surface area contributed by atoms with Gasteiger partial charge in [0.05, 0.1) is 0 Å². The van der Waals surface area contributed by atoms with Gasteiger partial charge in [0.25, 0.3) is 0 Å². The molecule has 0 spiro atoms. The zero-order valence-electron chi connectivity index (χ0n) is 9.89. The summed E-state index contributed by atoms with van der Waals surface area (Å²) in [5.74, 6) is 1.05. The van der Waals surface area contributed by atoms with Crippen molar-refractivity contribution in [2.24, 2.45) is 0 Å². The molecule has 0 aromatic heterocycles. The van der Waals surface area contributed by atoms with E-state index in [0.717, 1.165) is 30.5 Å². The lowest BCUT2D eigenvalue weighted by Gasteiger charge is -2.19. The molecule has 1 N–H and O–H groups in total. The van der Waals surface area contributed by atoms with Gasteiger partial charge in [-0.25, -0.2) is 0 Å². The standard InChI is InChI=1S/C13H18N2S2/c16-13(15-9-4-5-10-15)14-8-11-17-12-6-2-1-3-7-12/h1-3,6-7H,4-5,8-11H2,(H,14,16). The molecule has 1 aromatic rings. The van der Waals surface area contributed by atoms with E-state index < -0.39 is 0 Å². The van der Waals surface area contributed by atoms with Crippen LogP contribution >= 0.6 is 24.0 Å². The molecule has 1 fully saturated rings. The Hall–Kier alpha value is -0.740. The van der Waals surface area contributed by atoms with Crippen LogP contribution in [0.15, 0.2) is 35.2 Å². The molecular weight excluding hydrogens is 248 g/mol. The lowest BCUT2D eigenvalue weighted by Crippen LogP contribution is -2.38. The maximum Gasteiger partial charge on any atom is 0.168 e. The number of rotatable bonds is 4. The number of hydrogen-bond donors (Lipinski definition) is 1. The summed E-state index contributed by atoms with van der Waals surface area (Å²) < 4.78 is 0. The van der Waals surface area contributed by atoms with Gasteiger partial charge in [0.15, 0.2) is 5.11 Å². The molecule has 0 radical (unpaired) electrons. The highest BCUT2D eigenvalue weighted by Gasteiger charge is 2.13. The summed E-state index contributed by atoms with van der Waals surface area (Å²) in [7, 11) is 0. The topological polar surface area (TPSA) is 15.3 Å². The third-order valence-electron chi connectivity index (χ3n) is 2.78. The van der Waals surface area contributed by atoms with Gasteiger partial charge in [0, 0.05) is 30.3 Å². The monoisotopic (exact) mass is 266 g/mol. The highest BCUT2D eigenvalue weighted by molar-refractivity contribution is 7.99. The zero-order chi connectivity index (χ0) is 11.9. The largest absolute Gasteiger partial charge is 0.362 e. The zero-order valence-corrected chi connectivity index (χ0v) is 11.5. The van der Waals surface area contributed by atoms with Gasteiger partial charge in [-0.3, -0.25) is 0 Å². The molecule has 1 heterocycles. The number of nitrogens with one attached hydrogen (secondary N) is 1. The predicted octanol–water partition coefficient (Wildman–Crippen LogP) is 2.75. The Morgan fingerprint density at radius 1 is 1.24 bits per heavy atom. The molecule has 2 nitrogen and oxygen atoms in total. The van der Waals surface area contributed by atoms with Crippen molar-refractivity contribution in [3.63, 3.8) is 0 Å². The van der Waals surface area contributed by atoms with Crippen LogP contribution in [-0.2, 0) is 0 Å². The number of thiocarbonyl (C=S) groups is 1. The molecule has 0 atom stereocenters. The number of hydrogen-bond acceptors (Lipinski definition) is 2. The molecule has 1 saturated heterocycles. The van der Waals surface area contributed by atoms with Gasteiger partial charge in [-0.15, -0.1) is 11.8 Å². The Labute approximate surface area is 113 Å². The normalized spacial score (nSPS) is 14.9. The Bertz CT molecular complexity index is 348. The first kappa shape index (κ1) is 12.7. The van der Waals surface area contributed by atoms with E-state index in [0.29, 0.717) is 0 Å². The molecular formula is C13H18N2S2. The van der Waals surface area contributed by atoms with Crippen LogP contribution in [0.3, 0.4) is 0 Å². The number of benzene rings is 1. The van der Waals surface area contributed by atoms with E-state index in [2.05, 4.69) is 34.5 Å². The highest BCUT2D eigenvalue weighted by atomic mass is 32.2. The lowest BCUT2D eigenvalue weighted by atomic mass is 10.4. The van der Waals surface area contributed by atoms with E-state index in [-0.39, 0.29) is 0 Å². The van der Waals surface area contributed by atoms with Crippen molar-refractivity contribution in [3.8, 4) is 0 Å². The molecule has 0 aliphatic carbocycles. The van der Waals surface area contributed by atoms with Crippen LogP contribution in [0.25, 0.3) is 0 Å². The van der Waals surface area contributed by atoms with Crippen molar-refractivity contribution >= 4 is 29.1 Å². The molecule has 0 unspecified atom stereocenters. The first-order valence-corrected chi connectivity index (χ1v) is 7.46. The van der Waals surface area contributed by atoms with Gasteiger partial charge in [0.1, 0.15) is 0 Å². The summed E-state index contributed by atoms with van der Waals surface area (Å²) in [5, 5.41) is 4.26. The van der Waals surface area contributed by atoms with Crippen LogP contribution in [-0.4, -0.2) is 35.4 Å².